The normalized spacial score (nSPS) is 14.5. The van der Waals surface area contributed by atoms with Crippen molar-refractivity contribution in [1.29, 1.82) is 0 Å². The summed E-state index contributed by atoms with van der Waals surface area (Å²) in [5.74, 6) is -0.228. The summed E-state index contributed by atoms with van der Waals surface area (Å²) < 4.78 is 42.8. The van der Waals surface area contributed by atoms with Gasteiger partial charge >= 0.3 is 0 Å². The standard InChI is InChI=1S/C23H24F2N4O3/c1-14-3-4-17(12-26-14)21-19(22(23(24)25)32-29-21)13-31-20-6-5-16(11-27-20)15(2)28-18-7-9-30-10-8-18/h3-6,11-12,18,23,28H,2,7-10,13H2,1H3. The van der Waals surface area contributed by atoms with Crippen molar-refractivity contribution in [2.24, 2.45) is 0 Å². The monoisotopic (exact) mass is 442 g/mol. The first-order valence-electron chi connectivity index (χ1n) is 10.3. The van der Waals surface area contributed by atoms with Crippen LogP contribution in [0.2, 0.25) is 0 Å². The maximum absolute atomic E-state index is 13.4. The van der Waals surface area contributed by atoms with Gasteiger partial charge in [-0.2, -0.15) is 0 Å². The minimum Gasteiger partial charge on any atom is -0.473 e. The number of alkyl halides is 2. The van der Waals surface area contributed by atoms with E-state index < -0.39 is 12.2 Å². The number of nitrogens with one attached hydrogen (secondary N) is 1. The zero-order chi connectivity index (χ0) is 22.5. The summed E-state index contributed by atoms with van der Waals surface area (Å²) >= 11 is 0. The minimum absolute atomic E-state index is 0.167. The highest BCUT2D eigenvalue weighted by Crippen LogP contribution is 2.32. The molecule has 1 saturated heterocycles. The van der Waals surface area contributed by atoms with Crippen molar-refractivity contribution in [2.75, 3.05) is 13.2 Å². The van der Waals surface area contributed by atoms with Gasteiger partial charge in [0, 0.05) is 60.2 Å². The van der Waals surface area contributed by atoms with E-state index >= 15 is 0 Å². The second-order valence-corrected chi connectivity index (χ2v) is 7.55. The smallest absolute Gasteiger partial charge is 0.298 e. The molecule has 0 spiro atoms. The van der Waals surface area contributed by atoms with Gasteiger partial charge in [0.25, 0.3) is 6.43 Å². The number of rotatable bonds is 8. The number of nitrogens with zero attached hydrogens (tertiary/aromatic N) is 3. The highest BCUT2D eigenvalue weighted by molar-refractivity contribution is 5.63. The minimum atomic E-state index is -2.82. The van der Waals surface area contributed by atoms with E-state index in [2.05, 4.69) is 27.0 Å². The van der Waals surface area contributed by atoms with Crippen molar-refractivity contribution in [1.82, 2.24) is 20.4 Å². The van der Waals surface area contributed by atoms with Gasteiger partial charge in [-0.15, -0.1) is 0 Å². The maximum Gasteiger partial charge on any atom is 0.298 e. The van der Waals surface area contributed by atoms with Gasteiger partial charge in [0.1, 0.15) is 12.3 Å². The quantitative estimate of drug-likeness (QED) is 0.542. The van der Waals surface area contributed by atoms with Crippen LogP contribution in [-0.4, -0.2) is 34.4 Å². The summed E-state index contributed by atoms with van der Waals surface area (Å²) in [5, 5.41) is 7.21. The van der Waals surface area contributed by atoms with Gasteiger partial charge in [0.15, 0.2) is 0 Å². The fourth-order valence-electron chi connectivity index (χ4n) is 3.43. The molecule has 0 amide bonds. The van der Waals surface area contributed by atoms with E-state index in [4.69, 9.17) is 14.0 Å². The van der Waals surface area contributed by atoms with Gasteiger partial charge in [-0.25, -0.2) is 13.8 Å². The van der Waals surface area contributed by atoms with E-state index in [0.717, 1.165) is 43.0 Å². The molecule has 168 valence electrons. The number of halogens is 2. The number of hydrogen-bond donors (Lipinski definition) is 1. The summed E-state index contributed by atoms with van der Waals surface area (Å²) in [6.45, 7) is 7.22. The van der Waals surface area contributed by atoms with Crippen molar-refractivity contribution in [2.45, 2.75) is 38.8 Å². The SMILES string of the molecule is C=C(NC1CCOCC1)c1ccc(OCc2c(-c3ccc(C)nc3)noc2C(F)F)nc1. The molecule has 1 fully saturated rings. The van der Waals surface area contributed by atoms with Crippen LogP contribution in [0.5, 0.6) is 5.88 Å². The summed E-state index contributed by atoms with van der Waals surface area (Å²) in [5.41, 5.74) is 3.42. The van der Waals surface area contributed by atoms with Crippen LogP contribution in [0.3, 0.4) is 0 Å². The largest absolute Gasteiger partial charge is 0.473 e. The van der Waals surface area contributed by atoms with Crippen molar-refractivity contribution < 1.29 is 22.8 Å². The Bertz CT molecular complexity index is 1050. The molecule has 0 radical (unpaired) electrons. The van der Waals surface area contributed by atoms with E-state index in [1.165, 1.54) is 0 Å². The van der Waals surface area contributed by atoms with Gasteiger partial charge in [0.05, 0.1) is 5.56 Å². The Hall–Kier alpha value is -3.33. The Morgan fingerprint density at radius 3 is 2.66 bits per heavy atom. The molecular formula is C23H24F2N4O3. The molecule has 1 aliphatic heterocycles. The number of aromatic nitrogens is 3. The lowest BCUT2D eigenvalue weighted by Gasteiger charge is -2.25. The molecule has 1 aliphatic rings. The Morgan fingerprint density at radius 2 is 2.00 bits per heavy atom. The molecular weight excluding hydrogens is 418 g/mol. The average molecular weight is 442 g/mol. The van der Waals surface area contributed by atoms with E-state index in [0.29, 0.717) is 17.5 Å². The maximum atomic E-state index is 13.4. The van der Waals surface area contributed by atoms with Crippen LogP contribution in [0.4, 0.5) is 8.78 Å². The van der Waals surface area contributed by atoms with Crippen LogP contribution in [0.25, 0.3) is 17.0 Å². The molecule has 32 heavy (non-hydrogen) atoms. The zero-order valence-corrected chi connectivity index (χ0v) is 17.7. The number of hydrogen-bond acceptors (Lipinski definition) is 7. The third kappa shape index (κ3) is 5.11. The first-order chi connectivity index (χ1) is 15.5. The second kappa shape index (κ2) is 9.86. The van der Waals surface area contributed by atoms with Crippen molar-refractivity contribution in [3.63, 3.8) is 0 Å². The lowest BCUT2D eigenvalue weighted by Crippen LogP contribution is -2.33. The molecule has 0 unspecified atom stereocenters. The first-order valence-corrected chi connectivity index (χ1v) is 10.3. The lowest BCUT2D eigenvalue weighted by atomic mass is 10.1. The third-order valence-electron chi connectivity index (χ3n) is 5.25. The predicted molar refractivity (Wildman–Crippen MR) is 114 cm³/mol. The molecule has 3 aromatic heterocycles. The van der Waals surface area contributed by atoms with Crippen molar-refractivity contribution >= 4 is 5.70 Å². The molecule has 9 heteroatoms. The Labute approximate surface area is 184 Å². The van der Waals surface area contributed by atoms with Gasteiger partial charge in [0.2, 0.25) is 11.6 Å². The van der Waals surface area contributed by atoms with Gasteiger partial charge in [-0.3, -0.25) is 4.98 Å². The second-order valence-electron chi connectivity index (χ2n) is 7.55. The average Bonchev–Trinajstić information content (AvgIpc) is 3.23. The summed E-state index contributed by atoms with van der Waals surface area (Å²) in [6, 6.07) is 7.35. The number of pyridine rings is 2. The number of aryl methyl sites for hydroxylation is 1. The molecule has 0 saturated carbocycles. The zero-order valence-electron chi connectivity index (χ0n) is 17.7. The van der Waals surface area contributed by atoms with Crippen molar-refractivity contribution in [3.05, 3.63) is 65.8 Å². The van der Waals surface area contributed by atoms with Gasteiger partial charge < -0.3 is 19.3 Å². The van der Waals surface area contributed by atoms with Crippen molar-refractivity contribution in [3.8, 4) is 17.1 Å². The Kier molecular flexibility index (Phi) is 6.75. The topological polar surface area (TPSA) is 82.3 Å². The number of ether oxygens (including phenoxy) is 2. The fourth-order valence-corrected chi connectivity index (χ4v) is 3.43. The highest BCUT2D eigenvalue weighted by Gasteiger charge is 2.25. The predicted octanol–water partition coefficient (Wildman–Crippen LogP) is 4.70. The van der Waals surface area contributed by atoms with Crippen LogP contribution in [0.1, 0.15) is 41.8 Å². The van der Waals surface area contributed by atoms with Crippen LogP contribution >= 0.6 is 0 Å². The molecule has 0 atom stereocenters. The molecule has 4 heterocycles. The molecule has 0 aromatic carbocycles. The Morgan fingerprint density at radius 1 is 1.19 bits per heavy atom. The van der Waals surface area contributed by atoms with E-state index in [-0.39, 0.29) is 17.9 Å². The van der Waals surface area contributed by atoms with Gasteiger partial charge in [-0.1, -0.05) is 11.7 Å². The highest BCUT2D eigenvalue weighted by atomic mass is 19.3. The van der Waals surface area contributed by atoms with E-state index in [1.54, 1.807) is 30.6 Å². The van der Waals surface area contributed by atoms with E-state index in [1.807, 2.05) is 13.0 Å². The first kappa shape index (κ1) is 21.9. The summed E-state index contributed by atoms with van der Waals surface area (Å²) in [6.07, 6.45) is 2.24. The third-order valence-corrected chi connectivity index (χ3v) is 5.25. The van der Waals surface area contributed by atoms with Gasteiger partial charge in [-0.05, 0) is 38.0 Å². The fraction of sp³-hybridized carbons (Fsp3) is 0.348. The van der Waals surface area contributed by atoms with Crippen LogP contribution in [-0.2, 0) is 11.3 Å². The lowest BCUT2D eigenvalue weighted by molar-refractivity contribution is 0.0819. The molecule has 1 N–H and O–H groups in total. The molecule has 0 bridgehead atoms. The summed E-state index contributed by atoms with van der Waals surface area (Å²) in [4.78, 5) is 8.48. The van der Waals surface area contributed by atoms with Crippen LogP contribution in [0.15, 0.2) is 47.8 Å². The van der Waals surface area contributed by atoms with Crippen LogP contribution in [0, 0.1) is 6.92 Å². The molecule has 7 nitrogen and oxygen atoms in total. The Balaban J connectivity index is 1.44. The van der Waals surface area contributed by atoms with E-state index in [9.17, 15) is 8.78 Å². The molecule has 4 rings (SSSR count). The molecule has 3 aromatic rings. The summed E-state index contributed by atoms with van der Waals surface area (Å²) in [7, 11) is 0. The van der Waals surface area contributed by atoms with Crippen LogP contribution < -0.4 is 10.1 Å². The molecule has 0 aliphatic carbocycles.